The minimum Gasteiger partial charge on any atom is -0.376 e. The minimum atomic E-state index is -0.207. The van der Waals surface area contributed by atoms with Crippen LogP contribution in [-0.2, 0) is 4.79 Å². The lowest BCUT2D eigenvalue weighted by atomic mass is 10.2. The number of hydrogen-bond acceptors (Lipinski definition) is 3. The van der Waals surface area contributed by atoms with E-state index in [4.69, 9.17) is 11.6 Å². The summed E-state index contributed by atoms with van der Waals surface area (Å²) in [5.41, 5.74) is 7.54. The zero-order valence-corrected chi connectivity index (χ0v) is 18.5. The molecule has 2 aromatic carbocycles. The number of hydrogen-bond donors (Lipinski definition) is 2. The van der Waals surface area contributed by atoms with E-state index < -0.39 is 0 Å². The lowest BCUT2D eigenvalue weighted by Crippen LogP contribution is -2.25. The Morgan fingerprint density at radius 3 is 2.50 bits per heavy atom. The molecule has 3 aromatic rings. The van der Waals surface area contributed by atoms with Gasteiger partial charge in [-0.3, -0.25) is 4.79 Å². The van der Waals surface area contributed by atoms with Crippen LogP contribution >= 0.6 is 34.2 Å². The Morgan fingerprint density at radius 1 is 1.14 bits per heavy atom. The van der Waals surface area contributed by atoms with E-state index in [1.54, 1.807) is 6.21 Å². The van der Waals surface area contributed by atoms with Gasteiger partial charge in [-0.1, -0.05) is 11.6 Å². The van der Waals surface area contributed by atoms with Crippen LogP contribution in [-0.4, -0.2) is 23.2 Å². The summed E-state index contributed by atoms with van der Waals surface area (Å²) >= 11 is 8.22. The van der Waals surface area contributed by atoms with Crippen molar-refractivity contribution in [2.45, 2.75) is 13.8 Å². The van der Waals surface area contributed by atoms with Crippen molar-refractivity contribution in [2.24, 2.45) is 5.10 Å². The number of aromatic nitrogens is 1. The van der Waals surface area contributed by atoms with Crippen LogP contribution in [0.5, 0.6) is 0 Å². The third-order valence-corrected chi connectivity index (χ3v) is 5.22. The van der Waals surface area contributed by atoms with Gasteiger partial charge in [0.05, 0.1) is 12.8 Å². The molecular weight excluding hydrogens is 487 g/mol. The maximum Gasteiger partial charge on any atom is 0.259 e. The van der Waals surface area contributed by atoms with E-state index in [0.717, 1.165) is 31.9 Å². The zero-order valence-electron chi connectivity index (χ0n) is 15.5. The number of carbonyl (C=O) groups is 1. The first kappa shape index (κ1) is 20.4. The lowest BCUT2D eigenvalue weighted by Gasteiger charge is -2.09. The average molecular weight is 507 g/mol. The minimum absolute atomic E-state index is 0.154. The molecular formula is C21H20ClIN4O. The van der Waals surface area contributed by atoms with Gasteiger partial charge in [-0.05, 0) is 91.0 Å². The molecule has 1 heterocycles. The molecule has 5 nitrogen and oxygen atoms in total. The summed E-state index contributed by atoms with van der Waals surface area (Å²) in [6.45, 7) is 4.20. The quantitative estimate of drug-likeness (QED) is 0.283. The molecule has 0 spiro atoms. The van der Waals surface area contributed by atoms with Gasteiger partial charge in [-0.2, -0.15) is 5.10 Å². The molecule has 0 aliphatic carbocycles. The van der Waals surface area contributed by atoms with Crippen molar-refractivity contribution in [3.05, 3.63) is 80.1 Å². The van der Waals surface area contributed by atoms with Gasteiger partial charge in [0.1, 0.15) is 0 Å². The van der Waals surface area contributed by atoms with Crippen LogP contribution in [0.25, 0.3) is 5.69 Å². The van der Waals surface area contributed by atoms with E-state index in [9.17, 15) is 4.79 Å². The van der Waals surface area contributed by atoms with Crippen LogP contribution in [0.4, 0.5) is 5.69 Å². The van der Waals surface area contributed by atoms with Crippen LogP contribution in [0.3, 0.4) is 0 Å². The lowest BCUT2D eigenvalue weighted by molar-refractivity contribution is -0.119. The van der Waals surface area contributed by atoms with Crippen LogP contribution in [0.1, 0.15) is 17.0 Å². The summed E-state index contributed by atoms with van der Waals surface area (Å²) in [4.78, 5) is 12.0. The van der Waals surface area contributed by atoms with Gasteiger partial charge in [-0.25, -0.2) is 5.43 Å². The summed E-state index contributed by atoms with van der Waals surface area (Å²) in [5, 5.41) is 7.86. The summed E-state index contributed by atoms with van der Waals surface area (Å²) in [6.07, 6.45) is 1.66. The number of nitrogens with zero attached hydrogens (tertiary/aromatic N) is 2. The summed E-state index contributed by atoms with van der Waals surface area (Å²) < 4.78 is 3.27. The van der Waals surface area contributed by atoms with Crippen molar-refractivity contribution in [1.82, 2.24) is 9.99 Å². The molecule has 144 valence electrons. The number of carbonyl (C=O) groups excluding carboxylic acids is 1. The second-order valence-electron chi connectivity index (χ2n) is 6.29. The third kappa shape index (κ3) is 5.14. The Balaban J connectivity index is 1.61. The highest BCUT2D eigenvalue weighted by molar-refractivity contribution is 14.1. The van der Waals surface area contributed by atoms with E-state index in [1.165, 1.54) is 0 Å². The maximum atomic E-state index is 12.0. The van der Waals surface area contributed by atoms with Crippen molar-refractivity contribution >= 4 is 52.0 Å². The topological polar surface area (TPSA) is 58.4 Å². The van der Waals surface area contributed by atoms with E-state index in [2.05, 4.69) is 43.0 Å². The molecule has 3 rings (SSSR count). The predicted octanol–water partition coefficient (Wildman–Crippen LogP) is 4.91. The summed E-state index contributed by atoms with van der Waals surface area (Å²) in [7, 11) is 0. The largest absolute Gasteiger partial charge is 0.376 e. The summed E-state index contributed by atoms with van der Waals surface area (Å²) in [6, 6.07) is 17.5. The first-order chi connectivity index (χ1) is 13.4. The van der Waals surface area contributed by atoms with Gasteiger partial charge in [-0.15, -0.1) is 0 Å². The fourth-order valence-electron chi connectivity index (χ4n) is 2.87. The molecule has 0 saturated carbocycles. The van der Waals surface area contributed by atoms with Gasteiger partial charge in [0, 0.05) is 36.9 Å². The molecule has 1 amide bonds. The number of nitrogens with one attached hydrogen (secondary N) is 2. The maximum absolute atomic E-state index is 12.0. The predicted molar refractivity (Wildman–Crippen MR) is 124 cm³/mol. The van der Waals surface area contributed by atoms with Crippen LogP contribution < -0.4 is 10.7 Å². The monoisotopic (exact) mass is 506 g/mol. The molecule has 0 atom stereocenters. The summed E-state index contributed by atoms with van der Waals surface area (Å²) in [5.74, 6) is -0.207. The second-order valence-corrected chi connectivity index (χ2v) is 7.97. The highest BCUT2D eigenvalue weighted by Gasteiger charge is 2.09. The Bertz CT molecular complexity index is 994. The molecule has 0 aliphatic heterocycles. The van der Waals surface area contributed by atoms with Crippen LogP contribution in [0.15, 0.2) is 59.7 Å². The molecule has 0 unspecified atom stereocenters. The first-order valence-electron chi connectivity index (χ1n) is 8.70. The Labute approximate surface area is 182 Å². The highest BCUT2D eigenvalue weighted by atomic mass is 127. The fraction of sp³-hybridized carbons (Fsp3) is 0.143. The molecule has 2 N–H and O–H groups in total. The number of hydrazone groups is 1. The van der Waals surface area contributed by atoms with E-state index in [1.807, 2.05) is 68.4 Å². The fourth-order valence-corrected chi connectivity index (χ4v) is 3.35. The normalized spacial score (nSPS) is 11.0. The van der Waals surface area contributed by atoms with Crippen LogP contribution in [0.2, 0.25) is 5.02 Å². The highest BCUT2D eigenvalue weighted by Crippen LogP contribution is 2.21. The SMILES string of the molecule is Cc1cc(/C=N\NC(=O)CNc2ccc(I)cc2)c(C)n1-c1ccc(Cl)cc1. The number of rotatable bonds is 6. The average Bonchev–Trinajstić information content (AvgIpc) is 2.96. The van der Waals surface area contributed by atoms with E-state index in [-0.39, 0.29) is 12.5 Å². The number of benzene rings is 2. The number of aryl methyl sites for hydroxylation is 1. The van der Waals surface area contributed by atoms with Crippen molar-refractivity contribution in [2.75, 3.05) is 11.9 Å². The molecule has 0 fully saturated rings. The Hall–Kier alpha value is -2.32. The Morgan fingerprint density at radius 2 is 1.82 bits per heavy atom. The van der Waals surface area contributed by atoms with Gasteiger partial charge in [0.25, 0.3) is 5.91 Å². The number of anilines is 1. The first-order valence-corrected chi connectivity index (χ1v) is 10.2. The molecule has 0 bridgehead atoms. The molecule has 28 heavy (non-hydrogen) atoms. The standard InChI is InChI=1S/C21H20ClIN4O/c1-14-11-16(15(2)27(14)20-9-3-17(22)4-10-20)12-25-26-21(28)13-24-19-7-5-18(23)6-8-19/h3-12,24H,13H2,1-2H3,(H,26,28)/b25-12-. The van der Waals surface area contributed by atoms with E-state index in [0.29, 0.717) is 5.02 Å². The third-order valence-electron chi connectivity index (χ3n) is 4.25. The molecule has 7 heteroatoms. The van der Waals surface area contributed by atoms with Gasteiger partial charge in [0.2, 0.25) is 0 Å². The van der Waals surface area contributed by atoms with Crippen molar-refractivity contribution in [3.63, 3.8) is 0 Å². The van der Waals surface area contributed by atoms with Gasteiger partial charge >= 0.3 is 0 Å². The Kier molecular flexibility index (Phi) is 6.74. The van der Waals surface area contributed by atoms with E-state index >= 15 is 0 Å². The molecule has 0 radical (unpaired) electrons. The van der Waals surface area contributed by atoms with Crippen molar-refractivity contribution in [3.8, 4) is 5.69 Å². The zero-order chi connectivity index (χ0) is 20.1. The van der Waals surface area contributed by atoms with Gasteiger partial charge in [0.15, 0.2) is 0 Å². The van der Waals surface area contributed by atoms with Crippen molar-refractivity contribution in [1.29, 1.82) is 0 Å². The van der Waals surface area contributed by atoms with Gasteiger partial charge < -0.3 is 9.88 Å². The number of halogens is 2. The molecule has 1 aromatic heterocycles. The second kappa shape index (κ2) is 9.25. The number of amides is 1. The molecule has 0 saturated heterocycles. The van der Waals surface area contributed by atoms with Crippen LogP contribution in [0, 0.1) is 17.4 Å². The smallest absolute Gasteiger partial charge is 0.259 e. The van der Waals surface area contributed by atoms with Crippen molar-refractivity contribution < 1.29 is 4.79 Å². The molecule has 0 aliphatic rings.